The lowest BCUT2D eigenvalue weighted by molar-refractivity contribution is 0.489. The molecular weight excluding hydrogens is 352 g/mol. The molecule has 0 spiro atoms. The molecule has 2 aromatic carbocycles. The molecule has 2 heterocycles. The van der Waals surface area contributed by atoms with E-state index in [-0.39, 0.29) is 17.2 Å². The molecule has 6 heteroatoms. The Balaban J connectivity index is 2.01. The van der Waals surface area contributed by atoms with Crippen LogP contribution in [-0.4, -0.2) is 18.7 Å². The fraction of sp³-hybridized carbons (Fsp3) is 0.227. The number of aromatic nitrogens is 4. The van der Waals surface area contributed by atoms with Crippen LogP contribution in [0.3, 0.4) is 0 Å². The highest BCUT2D eigenvalue weighted by Crippen LogP contribution is 2.14. The van der Waals surface area contributed by atoms with Crippen LogP contribution < -0.4 is 11.2 Å². The molecule has 0 unspecified atom stereocenters. The summed E-state index contributed by atoms with van der Waals surface area (Å²) in [6.45, 7) is 4.85. The lowest BCUT2D eigenvalue weighted by Gasteiger charge is -2.14. The van der Waals surface area contributed by atoms with Gasteiger partial charge < -0.3 is 4.57 Å². The predicted octanol–water partition coefficient (Wildman–Crippen LogP) is 3.05. The Bertz CT molecular complexity index is 1220. The Labute approximate surface area is 162 Å². The normalized spacial score (nSPS) is 11.4. The zero-order chi connectivity index (χ0) is 19.7. The molecule has 0 aliphatic carbocycles. The number of fused-ring (bicyclic) bond motifs is 1. The van der Waals surface area contributed by atoms with Crippen molar-refractivity contribution in [1.29, 1.82) is 0 Å². The van der Waals surface area contributed by atoms with Crippen LogP contribution in [0.15, 0.2) is 76.6 Å². The van der Waals surface area contributed by atoms with Crippen molar-refractivity contribution in [3.05, 3.63) is 93.4 Å². The third-order valence-corrected chi connectivity index (χ3v) is 4.66. The summed E-state index contributed by atoms with van der Waals surface area (Å²) in [5.41, 5.74) is 1.93. The fourth-order valence-electron chi connectivity index (χ4n) is 3.42. The van der Waals surface area contributed by atoms with Gasteiger partial charge in [0, 0.05) is 13.1 Å². The SMILES string of the molecule is CC(C)Cn1c(=O)c2c(ncn2Cc2ccccc2)n(-c2ccccc2)c1=O. The van der Waals surface area contributed by atoms with Gasteiger partial charge in [0.1, 0.15) is 0 Å². The van der Waals surface area contributed by atoms with Crippen LogP contribution in [0.2, 0.25) is 0 Å². The van der Waals surface area contributed by atoms with Gasteiger partial charge in [-0.15, -0.1) is 0 Å². The summed E-state index contributed by atoms with van der Waals surface area (Å²) in [6, 6.07) is 19.2. The van der Waals surface area contributed by atoms with Gasteiger partial charge >= 0.3 is 5.69 Å². The Hall–Kier alpha value is -3.41. The van der Waals surface area contributed by atoms with Crippen molar-refractivity contribution in [2.75, 3.05) is 0 Å². The zero-order valence-electron chi connectivity index (χ0n) is 15.9. The first-order valence-corrected chi connectivity index (χ1v) is 9.36. The maximum atomic E-state index is 13.2. The van der Waals surface area contributed by atoms with Crippen LogP contribution in [0.1, 0.15) is 19.4 Å². The van der Waals surface area contributed by atoms with E-state index in [1.165, 1.54) is 9.13 Å². The number of nitrogens with zero attached hydrogens (tertiary/aromatic N) is 4. The summed E-state index contributed by atoms with van der Waals surface area (Å²) in [7, 11) is 0. The highest BCUT2D eigenvalue weighted by atomic mass is 16.2. The molecule has 0 radical (unpaired) electrons. The van der Waals surface area contributed by atoms with Crippen LogP contribution in [0, 0.1) is 5.92 Å². The van der Waals surface area contributed by atoms with E-state index in [1.54, 1.807) is 6.33 Å². The largest absolute Gasteiger partial charge is 0.337 e. The van der Waals surface area contributed by atoms with Crippen LogP contribution in [0.25, 0.3) is 16.9 Å². The number of benzene rings is 2. The molecule has 0 aliphatic heterocycles. The minimum Gasteiger partial charge on any atom is -0.320 e. The molecule has 6 nitrogen and oxygen atoms in total. The van der Waals surface area contributed by atoms with E-state index in [0.29, 0.717) is 29.9 Å². The average molecular weight is 374 g/mol. The van der Waals surface area contributed by atoms with Crippen LogP contribution in [0.5, 0.6) is 0 Å². The van der Waals surface area contributed by atoms with Crippen molar-refractivity contribution in [3.63, 3.8) is 0 Å². The highest BCUT2D eigenvalue weighted by molar-refractivity contribution is 5.72. The van der Waals surface area contributed by atoms with Crippen LogP contribution in [0.4, 0.5) is 0 Å². The molecule has 4 rings (SSSR count). The second-order valence-electron chi connectivity index (χ2n) is 7.29. The van der Waals surface area contributed by atoms with Crippen LogP contribution in [-0.2, 0) is 13.1 Å². The predicted molar refractivity (Wildman–Crippen MR) is 110 cm³/mol. The lowest BCUT2D eigenvalue weighted by atomic mass is 10.2. The first-order valence-electron chi connectivity index (χ1n) is 9.36. The topological polar surface area (TPSA) is 61.8 Å². The molecular formula is C22H22N4O2. The van der Waals surface area contributed by atoms with Crippen molar-refractivity contribution >= 4 is 11.2 Å². The highest BCUT2D eigenvalue weighted by Gasteiger charge is 2.19. The van der Waals surface area contributed by atoms with E-state index in [1.807, 2.05) is 79.1 Å². The molecule has 0 saturated heterocycles. The number of hydrogen-bond acceptors (Lipinski definition) is 3. The Morgan fingerprint density at radius 3 is 2.21 bits per heavy atom. The number of para-hydroxylation sites is 1. The molecule has 0 aliphatic rings. The van der Waals surface area contributed by atoms with E-state index >= 15 is 0 Å². The van der Waals surface area contributed by atoms with Crippen molar-refractivity contribution in [3.8, 4) is 5.69 Å². The van der Waals surface area contributed by atoms with E-state index in [9.17, 15) is 9.59 Å². The smallest absolute Gasteiger partial charge is 0.320 e. The number of imidazole rings is 1. The summed E-state index contributed by atoms with van der Waals surface area (Å²) < 4.78 is 4.67. The van der Waals surface area contributed by atoms with Gasteiger partial charge in [-0.05, 0) is 23.6 Å². The maximum absolute atomic E-state index is 13.2. The Morgan fingerprint density at radius 2 is 1.57 bits per heavy atom. The monoisotopic (exact) mass is 374 g/mol. The van der Waals surface area contributed by atoms with E-state index in [2.05, 4.69) is 4.98 Å². The Kier molecular flexibility index (Phi) is 4.69. The maximum Gasteiger partial charge on any atom is 0.337 e. The summed E-state index contributed by atoms with van der Waals surface area (Å²) in [4.78, 5) is 30.9. The molecule has 2 aromatic heterocycles. The summed E-state index contributed by atoms with van der Waals surface area (Å²) in [5.74, 6) is 0.164. The zero-order valence-corrected chi connectivity index (χ0v) is 15.9. The summed E-state index contributed by atoms with van der Waals surface area (Å²) >= 11 is 0. The van der Waals surface area contributed by atoms with Crippen LogP contribution >= 0.6 is 0 Å². The molecule has 142 valence electrons. The minimum atomic E-state index is -0.359. The van der Waals surface area contributed by atoms with Gasteiger partial charge in [-0.3, -0.25) is 9.36 Å². The van der Waals surface area contributed by atoms with Crippen molar-refractivity contribution in [1.82, 2.24) is 18.7 Å². The van der Waals surface area contributed by atoms with Gasteiger partial charge in [0.05, 0.1) is 12.0 Å². The minimum absolute atomic E-state index is 0.164. The first-order chi connectivity index (χ1) is 13.6. The van der Waals surface area contributed by atoms with Crippen molar-refractivity contribution < 1.29 is 0 Å². The number of rotatable bonds is 5. The van der Waals surface area contributed by atoms with Gasteiger partial charge in [-0.1, -0.05) is 62.4 Å². The van der Waals surface area contributed by atoms with Gasteiger partial charge in [0.15, 0.2) is 11.2 Å². The molecule has 0 saturated carbocycles. The molecule has 4 aromatic rings. The fourth-order valence-corrected chi connectivity index (χ4v) is 3.42. The number of hydrogen-bond donors (Lipinski definition) is 0. The standard InChI is InChI=1S/C22H22N4O2/c1-16(2)13-25-21(27)19-20(26(22(25)28)18-11-7-4-8-12-18)23-15-24(19)14-17-9-5-3-6-10-17/h3-12,15-16H,13-14H2,1-2H3. The van der Waals surface area contributed by atoms with Crippen molar-refractivity contribution in [2.24, 2.45) is 5.92 Å². The molecule has 0 fully saturated rings. The van der Waals surface area contributed by atoms with E-state index in [4.69, 9.17) is 0 Å². The average Bonchev–Trinajstić information content (AvgIpc) is 3.10. The van der Waals surface area contributed by atoms with Gasteiger partial charge in [0.25, 0.3) is 5.56 Å². The summed E-state index contributed by atoms with van der Waals surface area (Å²) in [6.07, 6.45) is 1.64. The van der Waals surface area contributed by atoms with Gasteiger partial charge in [0.2, 0.25) is 0 Å². The molecule has 0 N–H and O–H groups in total. The Morgan fingerprint density at radius 1 is 0.929 bits per heavy atom. The summed E-state index contributed by atoms with van der Waals surface area (Å²) in [5, 5.41) is 0. The molecule has 0 bridgehead atoms. The molecule has 0 atom stereocenters. The van der Waals surface area contributed by atoms with Gasteiger partial charge in [-0.25, -0.2) is 14.3 Å². The molecule has 0 amide bonds. The second kappa shape index (κ2) is 7.31. The second-order valence-corrected chi connectivity index (χ2v) is 7.29. The third-order valence-electron chi connectivity index (χ3n) is 4.66. The van der Waals surface area contributed by atoms with E-state index in [0.717, 1.165) is 5.56 Å². The van der Waals surface area contributed by atoms with E-state index < -0.39 is 0 Å². The molecule has 28 heavy (non-hydrogen) atoms. The lowest BCUT2D eigenvalue weighted by Crippen LogP contribution is -2.41. The quantitative estimate of drug-likeness (QED) is 0.539. The first kappa shape index (κ1) is 18.0. The van der Waals surface area contributed by atoms with Gasteiger partial charge in [-0.2, -0.15) is 0 Å². The van der Waals surface area contributed by atoms with Crippen molar-refractivity contribution in [2.45, 2.75) is 26.9 Å². The third kappa shape index (κ3) is 3.17.